The minimum absolute atomic E-state index is 0.117. The SMILES string of the molecule is O=C(CCn1cccn1)N1CCC[C@@H](c2ccc(Cc3cccc(C(F)(F)F)c3)cn2)C1. The van der Waals surface area contributed by atoms with Crippen molar-refractivity contribution >= 4 is 5.91 Å². The number of aromatic nitrogens is 3. The molecule has 1 atom stereocenters. The van der Waals surface area contributed by atoms with Gasteiger partial charge in [-0.3, -0.25) is 14.5 Å². The number of benzene rings is 1. The lowest BCUT2D eigenvalue weighted by molar-refractivity contribution is -0.137. The van der Waals surface area contributed by atoms with Crippen LogP contribution in [0.4, 0.5) is 13.2 Å². The van der Waals surface area contributed by atoms with Crippen molar-refractivity contribution in [3.63, 3.8) is 0 Å². The molecule has 1 saturated heterocycles. The van der Waals surface area contributed by atoms with Crippen molar-refractivity contribution in [1.29, 1.82) is 0 Å². The minimum atomic E-state index is -4.35. The van der Waals surface area contributed by atoms with Crippen molar-refractivity contribution in [3.8, 4) is 0 Å². The number of hydrogen-bond donors (Lipinski definition) is 0. The number of amides is 1. The van der Waals surface area contributed by atoms with E-state index >= 15 is 0 Å². The van der Waals surface area contributed by atoms with Gasteiger partial charge in [-0.05, 0) is 48.6 Å². The van der Waals surface area contributed by atoms with Gasteiger partial charge in [0.15, 0.2) is 0 Å². The highest BCUT2D eigenvalue weighted by atomic mass is 19.4. The smallest absolute Gasteiger partial charge is 0.342 e. The molecule has 0 aliphatic carbocycles. The van der Waals surface area contributed by atoms with E-state index in [0.29, 0.717) is 31.5 Å². The van der Waals surface area contributed by atoms with E-state index < -0.39 is 11.7 Å². The fourth-order valence-corrected chi connectivity index (χ4v) is 4.12. The Morgan fingerprint density at radius 3 is 2.72 bits per heavy atom. The quantitative estimate of drug-likeness (QED) is 0.557. The fourth-order valence-electron chi connectivity index (χ4n) is 4.12. The van der Waals surface area contributed by atoms with Gasteiger partial charge >= 0.3 is 6.18 Å². The maximum atomic E-state index is 12.9. The molecule has 1 aliphatic rings. The Hall–Kier alpha value is -3.16. The number of aryl methyl sites for hydroxylation is 1. The van der Waals surface area contributed by atoms with E-state index in [1.807, 2.05) is 29.3 Å². The van der Waals surface area contributed by atoms with Gasteiger partial charge in [0.2, 0.25) is 5.91 Å². The molecule has 0 radical (unpaired) electrons. The summed E-state index contributed by atoms with van der Waals surface area (Å²) >= 11 is 0. The van der Waals surface area contributed by atoms with Crippen molar-refractivity contribution in [1.82, 2.24) is 19.7 Å². The van der Waals surface area contributed by atoms with Crippen LogP contribution in [0.2, 0.25) is 0 Å². The number of likely N-dealkylation sites (tertiary alicyclic amines) is 1. The van der Waals surface area contributed by atoms with Crippen LogP contribution in [-0.4, -0.2) is 38.7 Å². The Labute approximate surface area is 184 Å². The first-order valence-corrected chi connectivity index (χ1v) is 10.7. The molecule has 0 spiro atoms. The molecule has 8 heteroatoms. The zero-order chi connectivity index (χ0) is 22.6. The Morgan fingerprint density at radius 1 is 1.12 bits per heavy atom. The summed E-state index contributed by atoms with van der Waals surface area (Å²) in [7, 11) is 0. The lowest BCUT2D eigenvalue weighted by Gasteiger charge is -2.32. The van der Waals surface area contributed by atoms with E-state index in [4.69, 9.17) is 0 Å². The highest BCUT2D eigenvalue weighted by Crippen LogP contribution is 2.30. The molecule has 4 rings (SSSR count). The van der Waals surface area contributed by atoms with Crippen LogP contribution in [0, 0.1) is 0 Å². The van der Waals surface area contributed by atoms with Gasteiger partial charge in [0.25, 0.3) is 0 Å². The maximum Gasteiger partial charge on any atom is 0.416 e. The molecule has 0 unspecified atom stereocenters. The molecule has 0 bridgehead atoms. The van der Waals surface area contributed by atoms with Crippen LogP contribution in [0.5, 0.6) is 0 Å². The first-order valence-electron chi connectivity index (χ1n) is 10.7. The predicted molar refractivity (Wildman–Crippen MR) is 114 cm³/mol. The molecule has 5 nitrogen and oxygen atoms in total. The molecule has 3 heterocycles. The molecule has 168 valence electrons. The third-order valence-electron chi connectivity index (χ3n) is 5.82. The van der Waals surface area contributed by atoms with Crippen molar-refractivity contribution in [2.45, 2.75) is 44.3 Å². The highest BCUT2D eigenvalue weighted by Gasteiger charge is 2.30. The van der Waals surface area contributed by atoms with Crippen LogP contribution in [0.25, 0.3) is 0 Å². The van der Waals surface area contributed by atoms with Gasteiger partial charge in [-0.15, -0.1) is 0 Å². The largest absolute Gasteiger partial charge is 0.416 e. The van der Waals surface area contributed by atoms with E-state index in [0.717, 1.165) is 36.7 Å². The van der Waals surface area contributed by atoms with Crippen LogP contribution in [0.3, 0.4) is 0 Å². The van der Waals surface area contributed by atoms with E-state index in [-0.39, 0.29) is 11.8 Å². The summed E-state index contributed by atoms with van der Waals surface area (Å²) < 4.78 is 40.5. The van der Waals surface area contributed by atoms with Gasteiger partial charge in [0, 0.05) is 56.3 Å². The Bertz CT molecular complexity index is 1030. The van der Waals surface area contributed by atoms with Gasteiger partial charge < -0.3 is 4.90 Å². The van der Waals surface area contributed by atoms with Crippen LogP contribution < -0.4 is 0 Å². The van der Waals surface area contributed by atoms with Gasteiger partial charge in [-0.1, -0.05) is 24.3 Å². The van der Waals surface area contributed by atoms with Crippen molar-refractivity contribution in [2.24, 2.45) is 0 Å². The molecule has 32 heavy (non-hydrogen) atoms. The van der Waals surface area contributed by atoms with Crippen LogP contribution in [-0.2, 0) is 23.9 Å². The number of hydrogen-bond acceptors (Lipinski definition) is 3. The van der Waals surface area contributed by atoms with Gasteiger partial charge in [0.1, 0.15) is 0 Å². The molecule has 3 aromatic rings. The molecule has 2 aromatic heterocycles. The molecule has 1 aromatic carbocycles. The number of halogens is 3. The van der Waals surface area contributed by atoms with Crippen LogP contribution in [0.1, 0.15) is 47.6 Å². The lowest BCUT2D eigenvalue weighted by Crippen LogP contribution is -2.39. The standard InChI is InChI=1S/C24H25F3N4O/c25-24(26,27)21-6-1-4-18(15-21)14-19-7-8-22(28-16-19)20-5-2-11-30(17-20)23(32)9-13-31-12-3-10-29-31/h1,3-4,6-8,10,12,15-16,20H,2,5,9,11,13-14,17H2/t20-/m1/s1. The maximum absolute atomic E-state index is 12.9. The first kappa shape index (κ1) is 22.0. The van der Waals surface area contributed by atoms with Gasteiger partial charge in [0.05, 0.1) is 5.56 Å². The van der Waals surface area contributed by atoms with Crippen LogP contribution in [0.15, 0.2) is 61.1 Å². The number of piperidine rings is 1. The Kier molecular flexibility index (Phi) is 6.58. The lowest BCUT2D eigenvalue weighted by atomic mass is 9.93. The second-order valence-corrected chi connectivity index (χ2v) is 8.16. The zero-order valence-corrected chi connectivity index (χ0v) is 17.6. The molecule has 1 fully saturated rings. The zero-order valence-electron chi connectivity index (χ0n) is 17.6. The van der Waals surface area contributed by atoms with E-state index in [2.05, 4.69) is 10.1 Å². The summed E-state index contributed by atoms with van der Waals surface area (Å²) in [5.74, 6) is 0.284. The van der Waals surface area contributed by atoms with Crippen LogP contribution >= 0.6 is 0 Å². The third kappa shape index (κ3) is 5.55. The molecule has 1 aliphatic heterocycles. The van der Waals surface area contributed by atoms with E-state index in [9.17, 15) is 18.0 Å². The number of alkyl halides is 3. The number of carbonyl (C=O) groups excluding carboxylic acids is 1. The van der Waals surface area contributed by atoms with Gasteiger partial charge in [-0.2, -0.15) is 18.3 Å². The normalized spacial score (nSPS) is 16.8. The Balaban J connectivity index is 1.35. The topological polar surface area (TPSA) is 51.0 Å². The number of rotatable bonds is 6. The van der Waals surface area contributed by atoms with Crippen molar-refractivity contribution in [2.75, 3.05) is 13.1 Å². The molecule has 1 amide bonds. The Morgan fingerprint density at radius 2 is 2.00 bits per heavy atom. The number of nitrogens with zero attached hydrogens (tertiary/aromatic N) is 4. The summed E-state index contributed by atoms with van der Waals surface area (Å²) in [5.41, 5.74) is 1.73. The average molecular weight is 442 g/mol. The summed E-state index contributed by atoms with van der Waals surface area (Å²) in [6, 6.07) is 11.1. The van der Waals surface area contributed by atoms with Crippen molar-refractivity contribution in [3.05, 3.63) is 83.4 Å². The second kappa shape index (κ2) is 9.54. The fraction of sp³-hybridized carbons (Fsp3) is 0.375. The van der Waals surface area contributed by atoms with E-state index in [1.165, 1.54) is 12.1 Å². The van der Waals surface area contributed by atoms with Crippen molar-refractivity contribution < 1.29 is 18.0 Å². The molecular formula is C24H25F3N4O. The first-order chi connectivity index (χ1) is 15.4. The summed E-state index contributed by atoms with van der Waals surface area (Å²) in [5, 5.41) is 4.13. The minimum Gasteiger partial charge on any atom is -0.342 e. The predicted octanol–water partition coefficient (Wildman–Crippen LogP) is 4.68. The van der Waals surface area contributed by atoms with E-state index in [1.54, 1.807) is 23.1 Å². The summed E-state index contributed by atoms with van der Waals surface area (Å²) in [6.45, 7) is 1.95. The second-order valence-electron chi connectivity index (χ2n) is 8.16. The monoisotopic (exact) mass is 442 g/mol. The summed E-state index contributed by atoms with van der Waals surface area (Å²) in [6.07, 6.45) is 3.61. The number of pyridine rings is 1. The molecule has 0 saturated carbocycles. The summed E-state index contributed by atoms with van der Waals surface area (Å²) in [4.78, 5) is 19.1. The average Bonchev–Trinajstić information content (AvgIpc) is 3.31. The number of carbonyl (C=O) groups is 1. The third-order valence-corrected chi connectivity index (χ3v) is 5.82. The molecule has 0 N–H and O–H groups in total. The molecular weight excluding hydrogens is 417 g/mol. The van der Waals surface area contributed by atoms with Gasteiger partial charge in [-0.25, -0.2) is 0 Å². The highest BCUT2D eigenvalue weighted by molar-refractivity contribution is 5.76.